The lowest BCUT2D eigenvalue weighted by molar-refractivity contribution is 0.0599. The van der Waals surface area contributed by atoms with E-state index in [1.165, 1.54) is 5.56 Å². The molecule has 0 aromatic heterocycles. The molecule has 1 N–H and O–H groups in total. The molecule has 18 heavy (non-hydrogen) atoms. The van der Waals surface area contributed by atoms with Crippen LogP contribution < -0.4 is 4.74 Å². The van der Waals surface area contributed by atoms with Crippen molar-refractivity contribution in [1.29, 1.82) is 0 Å². The highest BCUT2D eigenvalue weighted by molar-refractivity contribution is 5.26. The highest BCUT2D eigenvalue weighted by atomic mass is 16.5. The quantitative estimate of drug-likeness (QED) is 0.867. The van der Waals surface area contributed by atoms with Crippen LogP contribution in [0.25, 0.3) is 0 Å². The first-order chi connectivity index (χ1) is 8.69. The Hall–Kier alpha value is -1.06. The van der Waals surface area contributed by atoms with Crippen LogP contribution in [0.5, 0.6) is 5.75 Å². The molecule has 1 fully saturated rings. The molecule has 0 radical (unpaired) electrons. The van der Waals surface area contributed by atoms with Crippen LogP contribution in [0.15, 0.2) is 24.3 Å². The van der Waals surface area contributed by atoms with E-state index in [1.807, 2.05) is 24.3 Å². The van der Waals surface area contributed by atoms with Gasteiger partial charge in [0.2, 0.25) is 0 Å². The molecular weight excluding hydrogens is 226 g/mol. The van der Waals surface area contributed by atoms with E-state index >= 15 is 0 Å². The maximum absolute atomic E-state index is 10.1. The maximum Gasteiger partial charge on any atom is 0.119 e. The largest absolute Gasteiger partial charge is 0.491 e. The lowest BCUT2D eigenvalue weighted by Crippen LogP contribution is -2.30. The van der Waals surface area contributed by atoms with Crippen molar-refractivity contribution in [3.05, 3.63) is 29.8 Å². The molecule has 3 heteroatoms. The van der Waals surface area contributed by atoms with Crippen molar-refractivity contribution in [3.8, 4) is 5.75 Å². The van der Waals surface area contributed by atoms with E-state index < -0.39 is 0 Å². The van der Waals surface area contributed by atoms with Crippen LogP contribution in [0.2, 0.25) is 0 Å². The van der Waals surface area contributed by atoms with Gasteiger partial charge in [-0.15, -0.1) is 0 Å². The predicted octanol–water partition coefficient (Wildman–Crippen LogP) is 2.08. The fraction of sp³-hybridized carbons (Fsp3) is 0.600. The topological polar surface area (TPSA) is 32.7 Å². The average Bonchev–Trinajstić information content (AvgIpc) is 2.86. The third-order valence-corrected chi connectivity index (χ3v) is 3.74. The van der Waals surface area contributed by atoms with Gasteiger partial charge in [-0.1, -0.05) is 24.6 Å². The Bertz CT molecular complexity index is 363. The number of nitrogens with zero attached hydrogens (tertiary/aromatic N) is 1. The lowest BCUT2D eigenvalue weighted by Gasteiger charge is -2.19. The van der Waals surface area contributed by atoms with Crippen LogP contribution in [0.3, 0.4) is 0 Å². The molecule has 1 aliphatic rings. The molecule has 0 spiro atoms. The highest BCUT2D eigenvalue weighted by Gasteiger charge is 2.27. The molecule has 0 aliphatic carbocycles. The third kappa shape index (κ3) is 3.47. The molecule has 100 valence electrons. The van der Waals surface area contributed by atoms with E-state index in [1.54, 1.807) is 0 Å². The number of aryl methyl sites for hydroxylation is 1. The molecule has 1 aliphatic heterocycles. The van der Waals surface area contributed by atoms with E-state index in [-0.39, 0.29) is 6.10 Å². The lowest BCUT2D eigenvalue weighted by atomic mass is 10.0. The first kappa shape index (κ1) is 13.4. The summed E-state index contributed by atoms with van der Waals surface area (Å²) in [4.78, 5) is 2.37. The van der Waals surface area contributed by atoms with E-state index in [0.29, 0.717) is 12.5 Å². The summed E-state index contributed by atoms with van der Waals surface area (Å²) in [5.41, 5.74) is 1.22. The van der Waals surface area contributed by atoms with E-state index in [2.05, 4.69) is 18.7 Å². The molecule has 0 amide bonds. The van der Waals surface area contributed by atoms with Gasteiger partial charge in [-0.3, -0.25) is 0 Å². The number of hydrogen-bond donors (Lipinski definition) is 1. The number of aliphatic hydroxyl groups is 1. The molecule has 0 saturated carbocycles. The summed E-state index contributed by atoms with van der Waals surface area (Å²) < 4.78 is 5.64. The molecule has 3 nitrogen and oxygen atoms in total. The molecule has 2 rings (SSSR count). The number of ether oxygens (including phenoxy) is 1. The van der Waals surface area contributed by atoms with Crippen LogP contribution >= 0.6 is 0 Å². The molecule has 2 atom stereocenters. The van der Waals surface area contributed by atoms with Gasteiger partial charge in [0, 0.05) is 12.5 Å². The fourth-order valence-corrected chi connectivity index (χ4v) is 2.42. The first-order valence-corrected chi connectivity index (χ1v) is 6.79. The Morgan fingerprint density at radius 2 is 2.11 bits per heavy atom. The summed E-state index contributed by atoms with van der Waals surface area (Å²) in [7, 11) is 0. The van der Waals surface area contributed by atoms with Crippen molar-refractivity contribution in [2.24, 2.45) is 5.92 Å². The Balaban J connectivity index is 1.78. The van der Waals surface area contributed by atoms with Gasteiger partial charge >= 0.3 is 0 Å². The molecule has 1 heterocycles. The monoisotopic (exact) mass is 249 g/mol. The SMILES string of the molecule is CCN1CCC(C(O)COc2ccc(C)cc2)C1. The number of hydrogen-bond acceptors (Lipinski definition) is 3. The standard InChI is InChI=1S/C15H23NO2/c1-3-16-9-8-13(10-16)15(17)11-18-14-6-4-12(2)5-7-14/h4-7,13,15,17H,3,8-11H2,1-2H3. The minimum Gasteiger partial charge on any atom is -0.491 e. The van der Waals surface area contributed by atoms with Crippen molar-refractivity contribution < 1.29 is 9.84 Å². The summed E-state index contributed by atoms with van der Waals surface area (Å²) in [6.45, 7) is 7.78. The molecule has 1 aromatic rings. The van der Waals surface area contributed by atoms with Gasteiger partial charge in [-0.2, -0.15) is 0 Å². The average molecular weight is 249 g/mol. The Labute approximate surface area is 109 Å². The van der Waals surface area contributed by atoms with Crippen LogP contribution in [0.4, 0.5) is 0 Å². The molecule has 0 bridgehead atoms. The number of likely N-dealkylation sites (tertiary alicyclic amines) is 1. The fourth-order valence-electron chi connectivity index (χ4n) is 2.42. The van der Waals surface area contributed by atoms with E-state index in [9.17, 15) is 5.11 Å². The highest BCUT2D eigenvalue weighted by Crippen LogP contribution is 2.20. The van der Waals surface area contributed by atoms with Crippen molar-refractivity contribution in [1.82, 2.24) is 4.90 Å². The minimum absolute atomic E-state index is 0.357. The molecule has 1 saturated heterocycles. The summed E-state index contributed by atoms with van der Waals surface area (Å²) >= 11 is 0. The minimum atomic E-state index is -0.358. The zero-order chi connectivity index (χ0) is 13.0. The molecule has 2 unspecified atom stereocenters. The normalized spacial score (nSPS) is 22.1. The van der Waals surface area contributed by atoms with Crippen LogP contribution in [0, 0.1) is 12.8 Å². The van der Waals surface area contributed by atoms with E-state index in [4.69, 9.17) is 4.74 Å². The zero-order valence-corrected chi connectivity index (χ0v) is 11.3. The second kappa shape index (κ2) is 6.21. The number of benzene rings is 1. The summed E-state index contributed by atoms with van der Waals surface area (Å²) in [6, 6.07) is 7.95. The Kier molecular flexibility index (Phi) is 4.61. The van der Waals surface area contributed by atoms with Crippen molar-refractivity contribution in [2.45, 2.75) is 26.4 Å². The third-order valence-electron chi connectivity index (χ3n) is 3.74. The van der Waals surface area contributed by atoms with Crippen LogP contribution in [0.1, 0.15) is 18.9 Å². The van der Waals surface area contributed by atoms with Crippen molar-refractivity contribution in [3.63, 3.8) is 0 Å². The second-order valence-electron chi connectivity index (χ2n) is 5.13. The summed E-state index contributed by atoms with van der Waals surface area (Å²) in [6.07, 6.45) is 0.717. The van der Waals surface area contributed by atoms with Crippen LogP contribution in [-0.2, 0) is 0 Å². The Morgan fingerprint density at radius 1 is 1.39 bits per heavy atom. The smallest absolute Gasteiger partial charge is 0.119 e. The number of rotatable bonds is 5. The van der Waals surface area contributed by atoms with E-state index in [0.717, 1.165) is 31.8 Å². The molecule has 1 aromatic carbocycles. The van der Waals surface area contributed by atoms with Crippen LogP contribution in [-0.4, -0.2) is 42.4 Å². The van der Waals surface area contributed by atoms with Gasteiger partial charge < -0.3 is 14.7 Å². The van der Waals surface area contributed by atoms with Gasteiger partial charge in [0.05, 0.1) is 6.10 Å². The van der Waals surface area contributed by atoms with Gasteiger partial charge in [-0.05, 0) is 38.6 Å². The van der Waals surface area contributed by atoms with Gasteiger partial charge in [-0.25, -0.2) is 0 Å². The zero-order valence-electron chi connectivity index (χ0n) is 11.3. The molecular formula is C15H23NO2. The van der Waals surface area contributed by atoms with Gasteiger partial charge in [0.25, 0.3) is 0 Å². The maximum atomic E-state index is 10.1. The summed E-state index contributed by atoms with van der Waals surface area (Å²) in [5, 5.41) is 10.1. The first-order valence-electron chi connectivity index (χ1n) is 6.79. The van der Waals surface area contributed by atoms with Gasteiger partial charge in [0.15, 0.2) is 0 Å². The number of aliphatic hydroxyl groups excluding tert-OH is 1. The Morgan fingerprint density at radius 3 is 2.72 bits per heavy atom. The van der Waals surface area contributed by atoms with Crippen molar-refractivity contribution >= 4 is 0 Å². The van der Waals surface area contributed by atoms with Gasteiger partial charge in [0.1, 0.15) is 12.4 Å². The second-order valence-corrected chi connectivity index (χ2v) is 5.13. The predicted molar refractivity (Wildman–Crippen MR) is 72.9 cm³/mol. The summed E-state index contributed by atoms with van der Waals surface area (Å²) in [5.74, 6) is 1.19. The van der Waals surface area contributed by atoms with Crippen molar-refractivity contribution in [2.75, 3.05) is 26.2 Å².